The molecule has 4 rings (SSSR count). The van der Waals surface area contributed by atoms with Crippen LogP contribution in [0.2, 0.25) is 0 Å². The Morgan fingerprint density at radius 1 is 0.769 bits per heavy atom. The van der Waals surface area contributed by atoms with Crippen molar-refractivity contribution in [1.29, 1.82) is 0 Å². The van der Waals surface area contributed by atoms with Crippen molar-refractivity contribution in [3.8, 4) is 0 Å². The lowest BCUT2D eigenvalue weighted by molar-refractivity contribution is -0.244. The van der Waals surface area contributed by atoms with Crippen molar-refractivity contribution < 1.29 is 23.9 Å². The van der Waals surface area contributed by atoms with Crippen molar-refractivity contribution >= 4 is 23.1 Å². The largest absolute Gasteiger partial charge is 0.872 e. The van der Waals surface area contributed by atoms with Gasteiger partial charge in [-0.2, -0.15) is 0 Å². The Bertz CT molecular complexity index is 1070. The molecule has 0 heterocycles. The Kier molecular flexibility index (Phi) is 3.51. The fourth-order valence-electron chi connectivity index (χ4n) is 3.12. The van der Waals surface area contributed by atoms with Crippen molar-refractivity contribution in [1.82, 2.24) is 0 Å². The van der Waals surface area contributed by atoms with Gasteiger partial charge in [-0.25, -0.2) is 4.39 Å². The van der Waals surface area contributed by atoms with Gasteiger partial charge in [-0.1, -0.05) is 54.3 Å². The van der Waals surface area contributed by atoms with Gasteiger partial charge in [-0.15, -0.1) is 0 Å². The predicted octanol–water partition coefficient (Wildman–Crippen LogP) is 2.81. The normalized spacial score (nSPS) is 16.3. The second-order valence-electron chi connectivity index (χ2n) is 5.91. The number of fused-ring (bicyclic) bond motifs is 2. The number of allylic oxidation sites excluding steroid dienone is 5. The molecule has 2 aliphatic rings. The van der Waals surface area contributed by atoms with Crippen LogP contribution in [0.3, 0.4) is 0 Å². The Morgan fingerprint density at radius 2 is 1.23 bits per heavy atom. The Morgan fingerprint density at radius 3 is 1.73 bits per heavy atom. The van der Waals surface area contributed by atoms with Crippen LogP contribution in [0, 0.1) is 0 Å². The molecule has 126 valence electrons. The summed E-state index contributed by atoms with van der Waals surface area (Å²) in [6, 6.07) is 12.4. The van der Waals surface area contributed by atoms with E-state index in [1.807, 2.05) is 0 Å². The van der Waals surface area contributed by atoms with E-state index in [1.165, 1.54) is 24.3 Å². The highest BCUT2D eigenvalue weighted by molar-refractivity contribution is 6.39. The van der Waals surface area contributed by atoms with Crippen molar-refractivity contribution in [2.75, 3.05) is 0 Å². The summed E-state index contributed by atoms with van der Waals surface area (Å²) >= 11 is 0. The zero-order chi connectivity index (χ0) is 18.4. The third-order valence-corrected chi connectivity index (χ3v) is 4.38. The SMILES string of the molecule is O=C1C(=C/C(F)=C/C2=C([O-])c3ccccc3C2=O)C(=O)c2ccccc21. The fourth-order valence-corrected chi connectivity index (χ4v) is 3.12. The molecular weight excluding hydrogens is 335 g/mol. The molecule has 0 saturated heterocycles. The van der Waals surface area contributed by atoms with Gasteiger partial charge < -0.3 is 5.11 Å². The molecule has 0 unspecified atom stereocenters. The first-order valence-electron chi connectivity index (χ1n) is 7.81. The second kappa shape index (κ2) is 5.74. The lowest BCUT2D eigenvalue weighted by Crippen LogP contribution is -2.03. The Hall–Kier alpha value is -3.60. The standard InChI is InChI=1S/C21H11FO4/c22-11(9-16-18(23)12-5-1-2-6-13(12)19(16)24)10-17-20(25)14-7-3-4-8-15(14)21(17)26/h1-10,23H/p-1/b11-9-. The highest BCUT2D eigenvalue weighted by Gasteiger charge is 2.33. The van der Waals surface area contributed by atoms with Gasteiger partial charge in [0.15, 0.2) is 17.3 Å². The number of hydrogen-bond acceptors (Lipinski definition) is 4. The minimum Gasteiger partial charge on any atom is -0.872 e. The minimum atomic E-state index is -1.00. The van der Waals surface area contributed by atoms with Crippen LogP contribution in [0.4, 0.5) is 4.39 Å². The van der Waals surface area contributed by atoms with Gasteiger partial charge in [-0.05, 0) is 17.7 Å². The van der Waals surface area contributed by atoms with E-state index in [1.54, 1.807) is 24.3 Å². The fraction of sp³-hybridized carbons (Fsp3) is 0. The first-order valence-corrected chi connectivity index (χ1v) is 7.81. The smallest absolute Gasteiger partial charge is 0.197 e. The summed E-state index contributed by atoms with van der Waals surface area (Å²) in [5, 5.41) is 12.3. The van der Waals surface area contributed by atoms with Gasteiger partial charge in [-0.3, -0.25) is 14.4 Å². The molecule has 0 spiro atoms. The maximum absolute atomic E-state index is 14.4. The minimum absolute atomic E-state index is 0.213. The van der Waals surface area contributed by atoms with Gasteiger partial charge >= 0.3 is 0 Å². The van der Waals surface area contributed by atoms with Crippen LogP contribution in [0.25, 0.3) is 5.76 Å². The number of halogens is 1. The van der Waals surface area contributed by atoms with Crippen molar-refractivity contribution in [3.05, 3.63) is 99.9 Å². The predicted molar refractivity (Wildman–Crippen MR) is 90.1 cm³/mol. The highest BCUT2D eigenvalue weighted by Crippen LogP contribution is 2.32. The number of carbonyl (C=O) groups is 3. The third-order valence-electron chi connectivity index (χ3n) is 4.38. The molecule has 2 aromatic carbocycles. The summed E-state index contributed by atoms with van der Waals surface area (Å²) in [7, 11) is 0. The van der Waals surface area contributed by atoms with Crippen LogP contribution in [0.15, 0.2) is 77.7 Å². The first kappa shape index (κ1) is 15.9. The molecule has 0 saturated carbocycles. The maximum atomic E-state index is 14.4. The Balaban J connectivity index is 1.72. The van der Waals surface area contributed by atoms with Gasteiger partial charge in [0.05, 0.1) is 5.57 Å². The maximum Gasteiger partial charge on any atom is 0.197 e. The molecule has 0 aromatic heterocycles. The Labute approximate surface area is 147 Å². The van der Waals surface area contributed by atoms with E-state index in [0.717, 1.165) is 12.2 Å². The summed E-state index contributed by atoms with van der Waals surface area (Å²) in [5.41, 5.74) is 0.204. The van der Waals surface area contributed by atoms with Gasteiger partial charge in [0, 0.05) is 22.3 Å². The lowest BCUT2D eigenvalue weighted by Gasteiger charge is -2.08. The number of rotatable bonds is 2. The molecular formula is C21H10FO4-. The lowest BCUT2D eigenvalue weighted by atomic mass is 10.1. The van der Waals surface area contributed by atoms with E-state index in [9.17, 15) is 23.9 Å². The number of hydrogen-bond donors (Lipinski definition) is 0. The van der Waals surface area contributed by atoms with Gasteiger partial charge in [0.2, 0.25) is 0 Å². The number of carbonyl (C=O) groups excluding carboxylic acids is 3. The monoisotopic (exact) mass is 345 g/mol. The molecule has 0 bridgehead atoms. The molecule has 2 aromatic rings. The zero-order valence-corrected chi connectivity index (χ0v) is 13.3. The van der Waals surface area contributed by atoms with Crippen LogP contribution in [-0.4, -0.2) is 17.3 Å². The van der Waals surface area contributed by atoms with Gasteiger partial charge in [0.1, 0.15) is 5.83 Å². The molecule has 4 nitrogen and oxygen atoms in total. The van der Waals surface area contributed by atoms with Crippen LogP contribution in [0.5, 0.6) is 0 Å². The summed E-state index contributed by atoms with van der Waals surface area (Å²) < 4.78 is 14.4. The summed E-state index contributed by atoms with van der Waals surface area (Å²) in [6.07, 6.45) is 1.56. The average Bonchev–Trinajstić information content (AvgIpc) is 3.03. The number of benzene rings is 2. The summed E-state index contributed by atoms with van der Waals surface area (Å²) in [5.74, 6) is -3.31. The van der Waals surface area contributed by atoms with Crippen LogP contribution in [-0.2, 0) is 0 Å². The third kappa shape index (κ3) is 2.25. The summed E-state index contributed by atoms with van der Waals surface area (Å²) in [6.45, 7) is 0. The number of Topliss-reactive ketones (excluding diaryl/α,β-unsaturated/α-hetero) is 3. The molecule has 0 atom stereocenters. The van der Waals surface area contributed by atoms with E-state index in [0.29, 0.717) is 0 Å². The zero-order valence-electron chi connectivity index (χ0n) is 13.3. The average molecular weight is 345 g/mol. The molecule has 0 aliphatic heterocycles. The molecule has 0 fully saturated rings. The number of ketones is 3. The van der Waals surface area contributed by atoms with E-state index in [4.69, 9.17) is 0 Å². The summed E-state index contributed by atoms with van der Waals surface area (Å²) in [4.78, 5) is 36.8. The van der Waals surface area contributed by atoms with E-state index >= 15 is 0 Å². The van der Waals surface area contributed by atoms with Crippen molar-refractivity contribution in [2.24, 2.45) is 0 Å². The quantitative estimate of drug-likeness (QED) is 0.620. The van der Waals surface area contributed by atoms with E-state index in [-0.39, 0.29) is 33.4 Å². The highest BCUT2D eigenvalue weighted by atomic mass is 19.1. The molecule has 0 N–H and O–H groups in total. The molecule has 26 heavy (non-hydrogen) atoms. The van der Waals surface area contributed by atoms with Crippen LogP contribution >= 0.6 is 0 Å². The second-order valence-corrected chi connectivity index (χ2v) is 5.91. The van der Waals surface area contributed by atoms with Crippen molar-refractivity contribution in [2.45, 2.75) is 0 Å². The topological polar surface area (TPSA) is 74.3 Å². The molecule has 0 amide bonds. The molecule has 2 aliphatic carbocycles. The van der Waals surface area contributed by atoms with Crippen LogP contribution < -0.4 is 5.11 Å². The van der Waals surface area contributed by atoms with Crippen LogP contribution in [0.1, 0.15) is 36.6 Å². The molecule has 0 radical (unpaired) electrons. The van der Waals surface area contributed by atoms with Crippen molar-refractivity contribution in [3.63, 3.8) is 0 Å². The van der Waals surface area contributed by atoms with Gasteiger partial charge in [0.25, 0.3) is 0 Å². The van der Waals surface area contributed by atoms with E-state index < -0.39 is 28.9 Å². The molecule has 5 heteroatoms. The van der Waals surface area contributed by atoms with E-state index in [2.05, 4.69) is 0 Å². The first-order chi connectivity index (χ1) is 12.5.